The fourth-order valence-corrected chi connectivity index (χ4v) is 2.49. The van der Waals surface area contributed by atoms with Gasteiger partial charge >= 0.3 is 0 Å². The first-order chi connectivity index (χ1) is 9.65. The Morgan fingerprint density at radius 3 is 2.85 bits per heavy atom. The van der Waals surface area contributed by atoms with Crippen molar-refractivity contribution in [3.63, 3.8) is 0 Å². The maximum atomic E-state index is 12.4. The van der Waals surface area contributed by atoms with E-state index >= 15 is 0 Å². The zero-order valence-corrected chi connectivity index (χ0v) is 11.0. The second-order valence-electron chi connectivity index (χ2n) is 4.99. The molecule has 2 N–H and O–H groups in total. The van der Waals surface area contributed by atoms with Crippen molar-refractivity contribution in [1.29, 1.82) is 0 Å². The first-order valence-electron chi connectivity index (χ1n) is 6.55. The normalized spacial score (nSPS) is 21.6. The van der Waals surface area contributed by atoms with Crippen molar-refractivity contribution in [3.05, 3.63) is 34.9 Å². The summed E-state index contributed by atoms with van der Waals surface area (Å²) in [7, 11) is 0. The van der Waals surface area contributed by atoms with E-state index in [1.165, 1.54) is 0 Å². The lowest BCUT2D eigenvalue weighted by atomic mass is 10.1. The summed E-state index contributed by atoms with van der Waals surface area (Å²) in [5.41, 5.74) is 8.01. The highest BCUT2D eigenvalue weighted by Gasteiger charge is 2.28. The molecule has 1 aromatic rings. The SMILES string of the molecule is NC(=O)C1CN(C(=O)c2ccc3c(c2)COC3)CCO1. The molecule has 1 unspecified atom stereocenters. The summed E-state index contributed by atoms with van der Waals surface area (Å²) in [6.07, 6.45) is -0.717. The highest BCUT2D eigenvalue weighted by molar-refractivity contribution is 5.95. The molecule has 3 rings (SSSR count). The zero-order chi connectivity index (χ0) is 14.1. The van der Waals surface area contributed by atoms with Gasteiger partial charge in [-0.2, -0.15) is 0 Å². The van der Waals surface area contributed by atoms with Crippen LogP contribution >= 0.6 is 0 Å². The highest BCUT2D eigenvalue weighted by Crippen LogP contribution is 2.22. The van der Waals surface area contributed by atoms with Crippen molar-refractivity contribution in [2.45, 2.75) is 19.3 Å². The molecule has 2 aliphatic heterocycles. The quantitative estimate of drug-likeness (QED) is 0.827. The van der Waals surface area contributed by atoms with Crippen molar-refractivity contribution < 1.29 is 19.1 Å². The summed E-state index contributed by atoms with van der Waals surface area (Å²) in [6.45, 7) is 2.15. The Kier molecular flexibility index (Phi) is 3.42. The van der Waals surface area contributed by atoms with Crippen LogP contribution in [0, 0.1) is 0 Å². The van der Waals surface area contributed by atoms with E-state index < -0.39 is 12.0 Å². The van der Waals surface area contributed by atoms with Crippen molar-refractivity contribution >= 4 is 11.8 Å². The van der Waals surface area contributed by atoms with Crippen LogP contribution < -0.4 is 5.73 Å². The van der Waals surface area contributed by atoms with Gasteiger partial charge in [0.1, 0.15) is 0 Å². The van der Waals surface area contributed by atoms with E-state index in [2.05, 4.69) is 0 Å². The molecule has 20 heavy (non-hydrogen) atoms. The van der Waals surface area contributed by atoms with Gasteiger partial charge in [0.25, 0.3) is 5.91 Å². The minimum absolute atomic E-state index is 0.103. The number of benzene rings is 1. The number of primary amides is 1. The van der Waals surface area contributed by atoms with E-state index in [0.29, 0.717) is 31.9 Å². The van der Waals surface area contributed by atoms with E-state index in [4.69, 9.17) is 15.2 Å². The Morgan fingerprint density at radius 2 is 2.05 bits per heavy atom. The lowest BCUT2D eigenvalue weighted by Gasteiger charge is -2.31. The van der Waals surface area contributed by atoms with Crippen LogP contribution in [0.1, 0.15) is 21.5 Å². The average Bonchev–Trinajstić information content (AvgIpc) is 2.94. The number of nitrogens with two attached hydrogens (primary N) is 1. The van der Waals surface area contributed by atoms with Gasteiger partial charge in [-0.05, 0) is 23.3 Å². The van der Waals surface area contributed by atoms with Gasteiger partial charge in [0.15, 0.2) is 6.10 Å². The summed E-state index contributed by atoms with van der Waals surface area (Å²) in [5, 5.41) is 0. The van der Waals surface area contributed by atoms with E-state index in [1.54, 1.807) is 11.0 Å². The largest absolute Gasteiger partial charge is 0.372 e. The van der Waals surface area contributed by atoms with Crippen LogP contribution in [0.5, 0.6) is 0 Å². The first-order valence-corrected chi connectivity index (χ1v) is 6.55. The second kappa shape index (κ2) is 5.22. The number of carbonyl (C=O) groups excluding carboxylic acids is 2. The van der Waals surface area contributed by atoms with Gasteiger partial charge in [-0.3, -0.25) is 9.59 Å². The molecule has 2 aliphatic rings. The zero-order valence-electron chi connectivity index (χ0n) is 11.0. The molecule has 1 saturated heterocycles. The molecule has 106 valence electrons. The van der Waals surface area contributed by atoms with Gasteiger partial charge < -0.3 is 20.1 Å². The fourth-order valence-electron chi connectivity index (χ4n) is 2.49. The van der Waals surface area contributed by atoms with Gasteiger partial charge in [-0.25, -0.2) is 0 Å². The predicted octanol–water partition coefficient (Wildman–Crippen LogP) is 0.0431. The molecular formula is C14H16N2O4. The molecule has 0 aromatic heterocycles. The maximum absolute atomic E-state index is 12.4. The Bertz CT molecular complexity index is 558. The van der Waals surface area contributed by atoms with Crippen LogP contribution in [0.25, 0.3) is 0 Å². The molecule has 0 aliphatic carbocycles. The lowest BCUT2D eigenvalue weighted by Crippen LogP contribution is -2.50. The molecule has 2 heterocycles. The van der Waals surface area contributed by atoms with Crippen LogP contribution in [0.2, 0.25) is 0 Å². The molecule has 2 amide bonds. The monoisotopic (exact) mass is 276 g/mol. The molecular weight excluding hydrogens is 260 g/mol. The molecule has 1 aromatic carbocycles. The van der Waals surface area contributed by atoms with Gasteiger partial charge in [0.05, 0.1) is 26.4 Å². The van der Waals surface area contributed by atoms with Gasteiger partial charge in [0.2, 0.25) is 5.91 Å². The summed E-state index contributed by atoms with van der Waals surface area (Å²) < 4.78 is 10.6. The Hall–Kier alpha value is -1.92. The molecule has 0 saturated carbocycles. The third kappa shape index (κ3) is 2.39. The van der Waals surface area contributed by atoms with Crippen LogP contribution in [0.4, 0.5) is 0 Å². The fraction of sp³-hybridized carbons (Fsp3) is 0.429. The smallest absolute Gasteiger partial charge is 0.254 e. The number of rotatable bonds is 2. The standard InChI is InChI=1S/C14H16N2O4/c15-13(17)12-6-16(3-4-20-12)14(18)9-1-2-10-7-19-8-11(10)5-9/h1-2,5,12H,3-4,6-8H2,(H2,15,17). The minimum Gasteiger partial charge on any atom is -0.372 e. The topological polar surface area (TPSA) is 81.9 Å². The van der Waals surface area contributed by atoms with E-state index in [1.807, 2.05) is 12.1 Å². The van der Waals surface area contributed by atoms with Crippen LogP contribution in [0.15, 0.2) is 18.2 Å². The predicted molar refractivity (Wildman–Crippen MR) is 69.8 cm³/mol. The van der Waals surface area contributed by atoms with Crippen LogP contribution in [0.3, 0.4) is 0 Å². The van der Waals surface area contributed by atoms with Crippen LogP contribution in [-0.4, -0.2) is 42.5 Å². The van der Waals surface area contributed by atoms with Crippen molar-refractivity contribution in [3.8, 4) is 0 Å². The number of hydrogen-bond acceptors (Lipinski definition) is 4. The molecule has 0 radical (unpaired) electrons. The number of morpholine rings is 1. The van der Waals surface area contributed by atoms with E-state index in [9.17, 15) is 9.59 Å². The summed E-state index contributed by atoms with van der Waals surface area (Å²) in [6, 6.07) is 5.57. The van der Waals surface area contributed by atoms with Crippen molar-refractivity contribution in [1.82, 2.24) is 4.90 Å². The Labute approximate surface area is 116 Å². The number of amides is 2. The first kappa shape index (κ1) is 13.1. The van der Waals surface area contributed by atoms with E-state index in [-0.39, 0.29) is 12.5 Å². The second-order valence-corrected chi connectivity index (χ2v) is 4.99. The minimum atomic E-state index is -0.717. The Morgan fingerprint density at radius 1 is 1.25 bits per heavy atom. The molecule has 6 nitrogen and oxygen atoms in total. The van der Waals surface area contributed by atoms with Crippen LogP contribution in [-0.2, 0) is 27.5 Å². The highest BCUT2D eigenvalue weighted by atomic mass is 16.5. The number of carbonyl (C=O) groups is 2. The summed E-state index contributed by atoms with van der Waals surface area (Å²) >= 11 is 0. The van der Waals surface area contributed by atoms with E-state index in [0.717, 1.165) is 11.1 Å². The van der Waals surface area contributed by atoms with Gasteiger partial charge in [-0.15, -0.1) is 0 Å². The number of hydrogen-bond donors (Lipinski definition) is 1. The third-order valence-electron chi connectivity index (χ3n) is 3.64. The summed E-state index contributed by atoms with van der Waals surface area (Å²) in [5.74, 6) is -0.640. The number of ether oxygens (including phenoxy) is 2. The average molecular weight is 276 g/mol. The summed E-state index contributed by atoms with van der Waals surface area (Å²) in [4.78, 5) is 25.2. The van der Waals surface area contributed by atoms with Gasteiger partial charge in [0, 0.05) is 12.1 Å². The maximum Gasteiger partial charge on any atom is 0.254 e. The number of fused-ring (bicyclic) bond motifs is 1. The number of nitrogens with zero attached hydrogens (tertiary/aromatic N) is 1. The Balaban J connectivity index is 1.76. The van der Waals surface area contributed by atoms with Crippen molar-refractivity contribution in [2.75, 3.05) is 19.7 Å². The molecule has 1 atom stereocenters. The van der Waals surface area contributed by atoms with Crippen molar-refractivity contribution in [2.24, 2.45) is 5.73 Å². The molecule has 0 bridgehead atoms. The molecule has 6 heteroatoms. The molecule has 1 fully saturated rings. The lowest BCUT2D eigenvalue weighted by molar-refractivity contribution is -0.133. The molecule has 0 spiro atoms. The third-order valence-corrected chi connectivity index (χ3v) is 3.64. The van der Waals surface area contributed by atoms with Gasteiger partial charge in [-0.1, -0.05) is 6.07 Å².